The largest absolute Gasteiger partial charge is 0.492 e. The molecule has 2 aliphatic heterocycles. The van der Waals surface area contributed by atoms with Crippen LogP contribution in [-0.2, 0) is 13.1 Å². The van der Waals surface area contributed by atoms with E-state index < -0.39 is 0 Å². The fourth-order valence-electron chi connectivity index (χ4n) is 3.88. The summed E-state index contributed by atoms with van der Waals surface area (Å²) < 4.78 is 5.76. The summed E-state index contributed by atoms with van der Waals surface area (Å²) in [4.78, 5) is 19.2. The van der Waals surface area contributed by atoms with Crippen LogP contribution < -0.4 is 10.1 Å². The van der Waals surface area contributed by atoms with Crippen molar-refractivity contribution in [2.45, 2.75) is 25.9 Å². The number of hydrogen-bond donors (Lipinski definition) is 1. The highest BCUT2D eigenvalue weighted by molar-refractivity contribution is 5.97. The van der Waals surface area contributed by atoms with Gasteiger partial charge in [-0.2, -0.15) is 0 Å². The number of benzene rings is 1. The number of rotatable bonds is 4. The van der Waals surface area contributed by atoms with Crippen molar-refractivity contribution in [3.05, 3.63) is 59.4 Å². The lowest BCUT2D eigenvalue weighted by Crippen LogP contribution is -2.38. The highest BCUT2D eigenvalue weighted by Crippen LogP contribution is 2.25. The number of piperidine rings is 1. The molecule has 0 bridgehead atoms. The van der Waals surface area contributed by atoms with Crippen molar-refractivity contribution in [1.82, 2.24) is 15.2 Å². The zero-order valence-electron chi connectivity index (χ0n) is 15.0. The quantitative estimate of drug-likeness (QED) is 0.859. The van der Waals surface area contributed by atoms with E-state index >= 15 is 0 Å². The first-order valence-electron chi connectivity index (χ1n) is 9.41. The molecular weight excluding hydrogens is 326 g/mol. The molecule has 2 aromatic rings. The maximum Gasteiger partial charge on any atom is 0.168 e. The molecule has 1 saturated heterocycles. The van der Waals surface area contributed by atoms with Gasteiger partial charge in [-0.3, -0.25) is 14.7 Å². The maximum atomic E-state index is 12.7. The summed E-state index contributed by atoms with van der Waals surface area (Å²) in [5.74, 6) is 1.28. The van der Waals surface area contributed by atoms with Gasteiger partial charge in [0.25, 0.3) is 0 Å². The fraction of sp³-hybridized carbons (Fsp3) is 0.429. The number of ether oxygens (including phenoxy) is 1. The monoisotopic (exact) mass is 351 g/mol. The number of hydrogen-bond acceptors (Lipinski definition) is 5. The van der Waals surface area contributed by atoms with Crippen molar-refractivity contribution in [2.24, 2.45) is 5.92 Å². The molecule has 1 atom stereocenters. The summed E-state index contributed by atoms with van der Waals surface area (Å²) in [6, 6.07) is 10.2. The van der Waals surface area contributed by atoms with Crippen LogP contribution in [0.4, 0.5) is 0 Å². The van der Waals surface area contributed by atoms with Crippen LogP contribution in [0.25, 0.3) is 0 Å². The molecule has 0 amide bonds. The fourth-order valence-corrected chi connectivity index (χ4v) is 3.88. The Morgan fingerprint density at radius 1 is 1.35 bits per heavy atom. The second-order valence-corrected chi connectivity index (χ2v) is 7.15. The van der Waals surface area contributed by atoms with Crippen molar-refractivity contribution in [3.8, 4) is 5.75 Å². The number of pyridine rings is 1. The van der Waals surface area contributed by atoms with Crippen LogP contribution in [0.3, 0.4) is 0 Å². The number of nitrogens with zero attached hydrogens (tertiary/aromatic N) is 2. The van der Waals surface area contributed by atoms with Gasteiger partial charge in [0, 0.05) is 55.6 Å². The standard InChI is InChI=1S/C21H25N3O2/c25-21(17-3-1-7-22-12-17)18-4-2-9-24(15-18)14-16-5-6-20-19(11-16)13-23-8-10-26-20/h1,3,5-7,11-12,18,23H,2,4,8-10,13-15H2. The van der Waals surface area contributed by atoms with Gasteiger partial charge in [0.2, 0.25) is 0 Å². The molecule has 5 nitrogen and oxygen atoms in total. The Balaban J connectivity index is 1.42. The van der Waals surface area contributed by atoms with Gasteiger partial charge in [-0.25, -0.2) is 0 Å². The zero-order chi connectivity index (χ0) is 17.8. The van der Waals surface area contributed by atoms with Gasteiger partial charge >= 0.3 is 0 Å². The summed E-state index contributed by atoms with van der Waals surface area (Å²) in [7, 11) is 0. The minimum absolute atomic E-state index is 0.0683. The summed E-state index contributed by atoms with van der Waals surface area (Å²) in [6.45, 7) is 5.20. The Labute approximate surface area is 154 Å². The number of Topliss-reactive ketones (excluding diaryl/α,β-unsaturated/α-hetero) is 1. The van der Waals surface area contributed by atoms with E-state index in [0.29, 0.717) is 0 Å². The van der Waals surface area contributed by atoms with Gasteiger partial charge in [-0.05, 0) is 49.2 Å². The Bertz CT molecular complexity index is 763. The van der Waals surface area contributed by atoms with E-state index in [1.807, 2.05) is 12.1 Å². The average molecular weight is 351 g/mol. The van der Waals surface area contributed by atoms with Crippen molar-refractivity contribution >= 4 is 5.78 Å². The van der Waals surface area contributed by atoms with Gasteiger partial charge in [-0.15, -0.1) is 0 Å². The molecule has 1 N–H and O–H groups in total. The van der Waals surface area contributed by atoms with Crippen molar-refractivity contribution in [2.75, 3.05) is 26.2 Å². The first-order chi connectivity index (χ1) is 12.8. The van der Waals surface area contributed by atoms with Crippen LogP contribution in [0.2, 0.25) is 0 Å². The van der Waals surface area contributed by atoms with Crippen LogP contribution in [0.5, 0.6) is 5.75 Å². The summed E-state index contributed by atoms with van der Waals surface area (Å²) in [6.07, 6.45) is 5.42. The van der Waals surface area contributed by atoms with Gasteiger partial charge in [0.05, 0.1) is 0 Å². The number of aromatic nitrogens is 1. The van der Waals surface area contributed by atoms with Gasteiger partial charge in [0.1, 0.15) is 12.4 Å². The summed E-state index contributed by atoms with van der Waals surface area (Å²) in [5.41, 5.74) is 3.23. The predicted octanol–water partition coefficient (Wildman–Crippen LogP) is 2.66. The molecule has 5 heteroatoms. The van der Waals surface area contributed by atoms with Gasteiger partial charge in [-0.1, -0.05) is 6.07 Å². The van der Waals surface area contributed by atoms with E-state index in [1.54, 1.807) is 12.4 Å². The lowest BCUT2D eigenvalue weighted by Gasteiger charge is -2.32. The third-order valence-electron chi connectivity index (χ3n) is 5.21. The molecule has 1 unspecified atom stereocenters. The molecule has 0 spiro atoms. The van der Waals surface area contributed by atoms with Gasteiger partial charge < -0.3 is 10.1 Å². The number of carbonyl (C=O) groups is 1. The van der Waals surface area contributed by atoms with E-state index in [0.717, 1.165) is 63.5 Å². The number of likely N-dealkylation sites (tertiary alicyclic amines) is 1. The van der Waals surface area contributed by atoms with E-state index in [2.05, 4.69) is 33.4 Å². The first-order valence-corrected chi connectivity index (χ1v) is 9.41. The van der Waals surface area contributed by atoms with Crippen molar-refractivity contribution < 1.29 is 9.53 Å². The first kappa shape index (κ1) is 17.2. The van der Waals surface area contributed by atoms with Crippen LogP contribution in [0, 0.1) is 5.92 Å². The van der Waals surface area contributed by atoms with E-state index in [1.165, 1.54) is 11.1 Å². The minimum Gasteiger partial charge on any atom is -0.492 e. The van der Waals surface area contributed by atoms with E-state index in [9.17, 15) is 4.79 Å². The molecule has 4 rings (SSSR count). The molecule has 3 heterocycles. The zero-order valence-corrected chi connectivity index (χ0v) is 15.0. The maximum absolute atomic E-state index is 12.7. The predicted molar refractivity (Wildman–Crippen MR) is 100 cm³/mol. The molecule has 0 radical (unpaired) electrons. The Kier molecular flexibility index (Phi) is 5.27. The number of nitrogens with one attached hydrogen (secondary N) is 1. The molecule has 0 aliphatic carbocycles. The highest BCUT2D eigenvalue weighted by Gasteiger charge is 2.26. The minimum atomic E-state index is 0.0683. The average Bonchev–Trinajstić information content (AvgIpc) is 2.93. The Hall–Kier alpha value is -2.24. The van der Waals surface area contributed by atoms with E-state index in [4.69, 9.17) is 4.74 Å². The molecule has 26 heavy (non-hydrogen) atoms. The van der Waals surface area contributed by atoms with Crippen molar-refractivity contribution in [1.29, 1.82) is 0 Å². The van der Waals surface area contributed by atoms with Crippen LogP contribution in [-0.4, -0.2) is 41.9 Å². The van der Waals surface area contributed by atoms with Crippen LogP contribution in [0.15, 0.2) is 42.7 Å². The topological polar surface area (TPSA) is 54.5 Å². The third kappa shape index (κ3) is 3.94. The smallest absolute Gasteiger partial charge is 0.168 e. The highest BCUT2D eigenvalue weighted by atomic mass is 16.5. The van der Waals surface area contributed by atoms with Crippen LogP contribution in [0.1, 0.15) is 34.3 Å². The summed E-state index contributed by atoms with van der Waals surface area (Å²) in [5, 5.41) is 3.39. The number of fused-ring (bicyclic) bond motifs is 1. The number of carbonyl (C=O) groups excluding carboxylic acids is 1. The Morgan fingerprint density at radius 2 is 2.31 bits per heavy atom. The molecule has 0 saturated carbocycles. The molecule has 2 aliphatic rings. The molecule has 1 aromatic carbocycles. The third-order valence-corrected chi connectivity index (χ3v) is 5.21. The molecular formula is C21H25N3O2. The summed E-state index contributed by atoms with van der Waals surface area (Å²) >= 11 is 0. The normalized spacial score (nSPS) is 20.7. The molecule has 1 aromatic heterocycles. The van der Waals surface area contributed by atoms with Crippen molar-refractivity contribution in [3.63, 3.8) is 0 Å². The second kappa shape index (κ2) is 7.98. The van der Waals surface area contributed by atoms with Gasteiger partial charge in [0.15, 0.2) is 5.78 Å². The second-order valence-electron chi connectivity index (χ2n) is 7.15. The SMILES string of the molecule is O=C(c1cccnc1)C1CCCN(Cc2ccc3c(c2)CNCCO3)C1. The lowest BCUT2D eigenvalue weighted by atomic mass is 9.90. The molecule has 1 fully saturated rings. The Morgan fingerprint density at radius 3 is 3.19 bits per heavy atom. The lowest BCUT2D eigenvalue weighted by molar-refractivity contribution is 0.0811. The number of ketones is 1. The van der Waals surface area contributed by atoms with Crippen LogP contribution >= 0.6 is 0 Å². The van der Waals surface area contributed by atoms with E-state index in [-0.39, 0.29) is 11.7 Å². The molecule has 136 valence electrons.